The van der Waals surface area contributed by atoms with Crippen molar-refractivity contribution in [3.8, 4) is 0 Å². The van der Waals surface area contributed by atoms with E-state index in [1.165, 1.54) is 19.3 Å². The minimum absolute atomic E-state index is 0.288. The number of aryl methyl sites for hydroxylation is 1. The van der Waals surface area contributed by atoms with E-state index in [-0.39, 0.29) is 5.92 Å². The molecule has 3 rings (SSSR count). The number of carboxylic acids is 1. The van der Waals surface area contributed by atoms with Crippen LogP contribution in [0.15, 0.2) is 0 Å². The second-order valence-corrected chi connectivity index (χ2v) is 4.77. The fraction of sp³-hybridized carbons (Fsp3) is 0.727. The standard InChI is InChI=1S/C11H15N3O2/c15-11(16)8-4-5-9-12-10(7-2-1-3-7)13-14(9)6-8/h7-8H,1-6H2,(H,15,16). The summed E-state index contributed by atoms with van der Waals surface area (Å²) in [5, 5.41) is 13.4. The quantitative estimate of drug-likeness (QED) is 0.814. The van der Waals surface area contributed by atoms with Crippen molar-refractivity contribution in [3.63, 3.8) is 0 Å². The topological polar surface area (TPSA) is 68.0 Å². The summed E-state index contributed by atoms with van der Waals surface area (Å²) in [6.45, 7) is 0.490. The molecule has 1 N–H and O–H groups in total. The first-order chi connectivity index (χ1) is 7.74. The molecule has 0 saturated heterocycles. The SMILES string of the molecule is O=C(O)C1CCc2nc(C3CCC3)nn2C1. The summed E-state index contributed by atoms with van der Waals surface area (Å²) in [7, 11) is 0. The number of fused-ring (bicyclic) bond motifs is 1. The second kappa shape index (κ2) is 3.57. The molecule has 0 aromatic carbocycles. The molecule has 1 aliphatic carbocycles. The van der Waals surface area contributed by atoms with Crippen LogP contribution in [0, 0.1) is 5.92 Å². The highest BCUT2D eigenvalue weighted by Crippen LogP contribution is 2.35. The Kier molecular flexibility index (Phi) is 2.19. The van der Waals surface area contributed by atoms with Crippen LogP contribution in [-0.2, 0) is 17.8 Å². The molecule has 1 saturated carbocycles. The first-order valence-electron chi connectivity index (χ1n) is 5.90. The molecular formula is C11H15N3O2. The van der Waals surface area contributed by atoms with Gasteiger partial charge in [-0.1, -0.05) is 6.42 Å². The van der Waals surface area contributed by atoms with E-state index >= 15 is 0 Å². The monoisotopic (exact) mass is 221 g/mol. The van der Waals surface area contributed by atoms with Crippen molar-refractivity contribution in [1.29, 1.82) is 0 Å². The van der Waals surface area contributed by atoms with E-state index < -0.39 is 5.97 Å². The summed E-state index contributed by atoms with van der Waals surface area (Å²) in [5.74, 6) is 1.43. The zero-order valence-electron chi connectivity index (χ0n) is 9.09. The maximum absolute atomic E-state index is 10.9. The summed E-state index contributed by atoms with van der Waals surface area (Å²) in [6.07, 6.45) is 5.08. The molecule has 1 aromatic rings. The lowest BCUT2D eigenvalue weighted by atomic mass is 9.85. The zero-order valence-corrected chi connectivity index (χ0v) is 9.09. The number of carbonyl (C=O) groups is 1. The lowest BCUT2D eigenvalue weighted by Gasteiger charge is -2.21. The van der Waals surface area contributed by atoms with Gasteiger partial charge in [-0.3, -0.25) is 4.79 Å². The van der Waals surface area contributed by atoms with Crippen molar-refractivity contribution in [2.24, 2.45) is 5.92 Å². The lowest BCUT2D eigenvalue weighted by molar-refractivity contribution is -0.142. The van der Waals surface area contributed by atoms with Gasteiger partial charge in [0.05, 0.1) is 12.5 Å². The summed E-state index contributed by atoms with van der Waals surface area (Å²) < 4.78 is 1.80. The lowest BCUT2D eigenvalue weighted by Crippen LogP contribution is -2.27. The van der Waals surface area contributed by atoms with E-state index in [0.717, 1.165) is 18.1 Å². The van der Waals surface area contributed by atoms with Gasteiger partial charge in [-0.2, -0.15) is 5.10 Å². The number of aromatic nitrogens is 3. The molecule has 0 amide bonds. The Hall–Kier alpha value is -1.39. The van der Waals surface area contributed by atoms with Crippen molar-refractivity contribution in [1.82, 2.24) is 14.8 Å². The number of hydrogen-bond donors (Lipinski definition) is 1. The molecule has 0 spiro atoms. The van der Waals surface area contributed by atoms with Gasteiger partial charge in [0.1, 0.15) is 5.82 Å². The van der Waals surface area contributed by atoms with Crippen LogP contribution >= 0.6 is 0 Å². The Morgan fingerprint density at radius 2 is 2.19 bits per heavy atom. The van der Waals surface area contributed by atoms with Crippen molar-refractivity contribution in [3.05, 3.63) is 11.6 Å². The molecule has 0 bridgehead atoms. The first-order valence-corrected chi connectivity index (χ1v) is 5.90. The number of carboxylic acid groups (broad SMARTS) is 1. The Balaban J connectivity index is 1.82. The van der Waals surface area contributed by atoms with E-state index in [0.29, 0.717) is 18.9 Å². The summed E-state index contributed by atoms with van der Waals surface area (Å²) in [4.78, 5) is 15.4. The molecule has 2 heterocycles. The highest BCUT2D eigenvalue weighted by Gasteiger charge is 2.29. The maximum atomic E-state index is 10.9. The predicted molar refractivity (Wildman–Crippen MR) is 56.1 cm³/mol. The van der Waals surface area contributed by atoms with E-state index in [2.05, 4.69) is 10.1 Å². The fourth-order valence-corrected chi connectivity index (χ4v) is 2.37. The molecule has 86 valence electrons. The van der Waals surface area contributed by atoms with Crippen molar-refractivity contribution in [2.75, 3.05) is 0 Å². The van der Waals surface area contributed by atoms with Gasteiger partial charge in [-0.25, -0.2) is 9.67 Å². The van der Waals surface area contributed by atoms with Gasteiger partial charge < -0.3 is 5.11 Å². The maximum Gasteiger partial charge on any atom is 0.308 e. The van der Waals surface area contributed by atoms with Crippen LogP contribution in [-0.4, -0.2) is 25.8 Å². The summed E-state index contributed by atoms with van der Waals surface area (Å²) in [6, 6.07) is 0. The average molecular weight is 221 g/mol. The van der Waals surface area contributed by atoms with Crippen LogP contribution in [0.4, 0.5) is 0 Å². The summed E-state index contributed by atoms with van der Waals surface area (Å²) in [5.41, 5.74) is 0. The molecule has 1 fully saturated rings. The van der Waals surface area contributed by atoms with E-state index in [1.807, 2.05) is 0 Å². The largest absolute Gasteiger partial charge is 0.481 e. The number of rotatable bonds is 2. The number of hydrogen-bond acceptors (Lipinski definition) is 3. The zero-order chi connectivity index (χ0) is 11.1. The van der Waals surface area contributed by atoms with Crippen LogP contribution in [0.5, 0.6) is 0 Å². The average Bonchev–Trinajstić information content (AvgIpc) is 2.56. The highest BCUT2D eigenvalue weighted by atomic mass is 16.4. The molecule has 1 aromatic heterocycles. The number of nitrogens with zero attached hydrogens (tertiary/aromatic N) is 3. The molecule has 2 aliphatic rings. The van der Waals surface area contributed by atoms with Crippen molar-refractivity contribution in [2.45, 2.75) is 44.6 Å². The van der Waals surface area contributed by atoms with Gasteiger partial charge in [-0.05, 0) is 19.3 Å². The van der Waals surface area contributed by atoms with Gasteiger partial charge in [-0.15, -0.1) is 0 Å². The van der Waals surface area contributed by atoms with Gasteiger partial charge in [0.25, 0.3) is 0 Å². The minimum atomic E-state index is -0.716. The highest BCUT2D eigenvalue weighted by molar-refractivity contribution is 5.70. The molecular weight excluding hydrogens is 206 g/mol. The molecule has 5 nitrogen and oxygen atoms in total. The molecule has 1 aliphatic heterocycles. The molecule has 1 unspecified atom stereocenters. The third kappa shape index (κ3) is 1.50. The third-order valence-electron chi connectivity index (χ3n) is 3.69. The van der Waals surface area contributed by atoms with Crippen molar-refractivity contribution >= 4 is 5.97 Å². The fourth-order valence-electron chi connectivity index (χ4n) is 2.37. The molecule has 16 heavy (non-hydrogen) atoms. The molecule has 5 heteroatoms. The summed E-state index contributed by atoms with van der Waals surface area (Å²) >= 11 is 0. The first kappa shape index (κ1) is 9.81. The minimum Gasteiger partial charge on any atom is -0.481 e. The van der Waals surface area contributed by atoms with Crippen LogP contribution in [0.3, 0.4) is 0 Å². The Morgan fingerprint density at radius 3 is 2.81 bits per heavy atom. The van der Waals surface area contributed by atoms with Gasteiger partial charge in [0, 0.05) is 12.3 Å². The van der Waals surface area contributed by atoms with Crippen LogP contribution in [0.2, 0.25) is 0 Å². The second-order valence-electron chi connectivity index (χ2n) is 4.77. The Morgan fingerprint density at radius 1 is 1.38 bits per heavy atom. The Bertz CT molecular complexity index is 423. The molecule has 1 atom stereocenters. The van der Waals surface area contributed by atoms with Crippen LogP contribution in [0.1, 0.15) is 43.3 Å². The van der Waals surface area contributed by atoms with Crippen LogP contribution in [0.25, 0.3) is 0 Å². The third-order valence-corrected chi connectivity index (χ3v) is 3.69. The van der Waals surface area contributed by atoms with Gasteiger partial charge >= 0.3 is 5.97 Å². The van der Waals surface area contributed by atoms with E-state index in [4.69, 9.17) is 5.11 Å². The van der Waals surface area contributed by atoms with Gasteiger partial charge in [0.15, 0.2) is 5.82 Å². The molecule has 0 radical (unpaired) electrons. The predicted octanol–water partition coefficient (Wildman–Crippen LogP) is 1.19. The van der Waals surface area contributed by atoms with Crippen LogP contribution < -0.4 is 0 Å². The van der Waals surface area contributed by atoms with Crippen molar-refractivity contribution < 1.29 is 9.90 Å². The number of aliphatic carboxylic acids is 1. The Labute approximate surface area is 93.5 Å². The smallest absolute Gasteiger partial charge is 0.308 e. The van der Waals surface area contributed by atoms with E-state index in [1.54, 1.807) is 4.68 Å². The normalized spacial score (nSPS) is 24.9. The van der Waals surface area contributed by atoms with E-state index in [9.17, 15) is 4.79 Å². The van der Waals surface area contributed by atoms with Gasteiger partial charge in [0.2, 0.25) is 0 Å².